The highest BCUT2D eigenvalue weighted by Crippen LogP contribution is 2.14. The van der Waals surface area contributed by atoms with Crippen molar-refractivity contribution in [2.45, 2.75) is 6.54 Å². The van der Waals surface area contributed by atoms with Crippen LogP contribution in [0.5, 0.6) is 0 Å². The summed E-state index contributed by atoms with van der Waals surface area (Å²) in [4.78, 5) is 63.5. The SMILES string of the molecule is Cn1c(=O)c2c(ncn2Cc2ccc(C=C3C(=O)NC(=O)NC3=O)cc2)n(C)c1=O. The van der Waals surface area contributed by atoms with Crippen LogP contribution in [0.1, 0.15) is 11.1 Å². The Morgan fingerprint density at radius 2 is 1.57 bits per heavy atom. The number of barbiturate groups is 1. The Labute approximate surface area is 168 Å². The maximum atomic E-state index is 12.5. The maximum Gasteiger partial charge on any atom is 0.332 e. The van der Waals surface area contributed by atoms with Crippen LogP contribution in [-0.4, -0.2) is 36.5 Å². The van der Waals surface area contributed by atoms with Gasteiger partial charge in [0.1, 0.15) is 5.57 Å². The smallest absolute Gasteiger partial charge is 0.320 e. The second-order valence-corrected chi connectivity index (χ2v) is 6.79. The number of nitrogens with zero attached hydrogens (tertiary/aromatic N) is 4. The van der Waals surface area contributed by atoms with Crippen molar-refractivity contribution in [2.24, 2.45) is 14.1 Å². The van der Waals surface area contributed by atoms with E-state index in [2.05, 4.69) is 4.98 Å². The monoisotopic (exact) mass is 408 g/mol. The number of rotatable bonds is 3. The molecule has 30 heavy (non-hydrogen) atoms. The minimum Gasteiger partial charge on any atom is -0.320 e. The highest BCUT2D eigenvalue weighted by Gasteiger charge is 2.27. The van der Waals surface area contributed by atoms with Crippen LogP contribution in [0.2, 0.25) is 0 Å². The number of fused-ring (bicyclic) bond motifs is 1. The molecule has 1 aliphatic rings. The molecule has 2 aromatic heterocycles. The highest BCUT2D eigenvalue weighted by atomic mass is 16.2. The van der Waals surface area contributed by atoms with Gasteiger partial charge in [0, 0.05) is 20.6 Å². The van der Waals surface area contributed by atoms with Gasteiger partial charge < -0.3 is 4.57 Å². The van der Waals surface area contributed by atoms with Crippen molar-refractivity contribution in [3.05, 3.63) is 68.1 Å². The van der Waals surface area contributed by atoms with Gasteiger partial charge in [0.2, 0.25) is 0 Å². The topological polar surface area (TPSA) is 137 Å². The van der Waals surface area contributed by atoms with Crippen LogP contribution in [0.25, 0.3) is 17.2 Å². The molecule has 1 saturated heterocycles. The van der Waals surface area contributed by atoms with E-state index in [0.717, 1.165) is 10.1 Å². The van der Waals surface area contributed by atoms with Gasteiger partial charge in [-0.1, -0.05) is 24.3 Å². The van der Waals surface area contributed by atoms with Crippen molar-refractivity contribution in [3.63, 3.8) is 0 Å². The molecular weight excluding hydrogens is 392 g/mol. The summed E-state index contributed by atoms with van der Waals surface area (Å²) in [6.45, 7) is 0.330. The lowest BCUT2D eigenvalue weighted by molar-refractivity contribution is -0.123. The normalized spacial score (nSPS) is 14.1. The largest absolute Gasteiger partial charge is 0.332 e. The van der Waals surface area contributed by atoms with E-state index in [1.165, 1.54) is 24.0 Å². The number of hydrogen-bond acceptors (Lipinski definition) is 6. The molecular formula is C19H16N6O5. The number of carbonyl (C=O) groups is 3. The molecule has 0 aliphatic carbocycles. The van der Waals surface area contributed by atoms with Crippen molar-refractivity contribution < 1.29 is 14.4 Å². The van der Waals surface area contributed by atoms with Crippen LogP contribution in [0.4, 0.5) is 4.79 Å². The van der Waals surface area contributed by atoms with E-state index in [1.54, 1.807) is 35.9 Å². The maximum absolute atomic E-state index is 12.5. The molecule has 4 amide bonds. The number of benzene rings is 1. The zero-order chi connectivity index (χ0) is 21.6. The van der Waals surface area contributed by atoms with Gasteiger partial charge in [-0.15, -0.1) is 0 Å². The van der Waals surface area contributed by atoms with Crippen LogP contribution >= 0.6 is 0 Å². The van der Waals surface area contributed by atoms with Crippen molar-refractivity contribution >= 4 is 35.1 Å². The van der Waals surface area contributed by atoms with Crippen LogP contribution in [0, 0.1) is 0 Å². The fraction of sp³-hybridized carbons (Fsp3) is 0.158. The molecule has 1 aromatic carbocycles. The number of imidazole rings is 1. The third kappa shape index (κ3) is 3.11. The standard InChI is InChI=1S/C19H16N6O5/c1-23-14-13(17(28)24(2)19(23)30)25(9-20-14)8-11-5-3-10(4-6-11)7-12-15(26)21-18(29)22-16(12)27/h3-7,9H,8H2,1-2H3,(H2,21,22,26,27,29). The third-order valence-corrected chi connectivity index (χ3v) is 4.80. The molecule has 2 N–H and O–H groups in total. The molecule has 0 radical (unpaired) electrons. The van der Waals surface area contributed by atoms with E-state index < -0.39 is 29.1 Å². The Hall–Kier alpha value is -4.28. The Kier molecular flexibility index (Phi) is 4.42. The van der Waals surface area contributed by atoms with Crippen molar-refractivity contribution in [3.8, 4) is 0 Å². The molecule has 0 saturated carbocycles. The summed E-state index contributed by atoms with van der Waals surface area (Å²) in [6, 6.07) is 6.09. The molecule has 4 rings (SSSR count). The fourth-order valence-corrected chi connectivity index (χ4v) is 3.21. The van der Waals surface area contributed by atoms with E-state index in [-0.39, 0.29) is 5.57 Å². The van der Waals surface area contributed by atoms with Crippen LogP contribution in [0.15, 0.2) is 45.8 Å². The van der Waals surface area contributed by atoms with E-state index in [0.29, 0.717) is 23.3 Å². The van der Waals surface area contributed by atoms with Gasteiger partial charge in [0.15, 0.2) is 11.2 Å². The number of imide groups is 2. The van der Waals surface area contributed by atoms with Gasteiger partial charge in [-0.25, -0.2) is 14.6 Å². The van der Waals surface area contributed by atoms with Crippen LogP contribution in [-0.2, 0) is 30.2 Å². The minimum atomic E-state index is -0.853. The van der Waals surface area contributed by atoms with Crippen molar-refractivity contribution in [1.82, 2.24) is 29.3 Å². The van der Waals surface area contributed by atoms with Crippen molar-refractivity contribution in [2.75, 3.05) is 0 Å². The Bertz CT molecular complexity index is 1350. The summed E-state index contributed by atoms with van der Waals surface area (Å²) in [5, 5.41) is 4.02. The molecule has 1 aliphatic heterocycles. The molecule has 3 heterocycles. The van der Waals surface area contributed by atoms with Gasteiger partial charge in [0.05, 0.1) is 6.33 Å². The first kappa shape index (κ1) is 19.1. The van der Waals surface area contributed by atoms with Gasteiger partial charge in [-0.05, 0) is 17.2 Å². The van der Waals surface area contributed by atoms with Crippen LogP contribution in [0.3, 0.4) is 0 Å². The number of aromatic nitrogens is 4. The second-order valence-electron chi connectivity index (χ2n) is 6.79. The molecule has 0 spiro atoms. The van der Waals surface area contributed by atoms with E-state index in [1.807, 2.05) is 10.6 Å². The predicted molar refractivity (Wildman–Crippen MR) is 105 cm³/mol. The minimum absolute atomic E-state index is 0.174. The number of aryl methyl sites for hydroxylation is 1. The molecule has 0 atom stereocenters. The zero-order valence-electron chi connectivity index (χ0n) is 16.0. The van der Waals surface area contributed by atoms with Gasteiger partial charge in [0.25, 0.3) is 17.4 Å². The van der Waals surface area contributed by atoms with E-state index >= 15 is 0 Å². The summed E-state index contributed by atoms with van der Waals surface area (Å²) in [5.41, 5.74) is 0.970. The first-order valence-electron chi connectivity index (χ1n) is 8.84. The first-order valence-corrected chi connectivity index (χ1v) is 8.84. The predicted octanol–water partition coefficient (Wildman–Crippen LogP) is -0.769. The van der Waals surface area contributed by atoms with Crippen LogP contribution < -0.4 is 21.9 Å². The summed E-state index contributed by atoms with van der Waals surface area (Å²) in [5.74, 6) is -1.53. The quantitative estimate of drug-likeness (QED) is 0.431. The fourth-order valence-electron chi connectivity index (χ4n) is 3.21. The second kappa shape index (κ2) is 6.95. The van der Waals surface area contributed by atoms with E-state index in [9.17, 15) is 24.0 Å². The first-order chi connectivity index (χ1) is 14.3. The average molecular weight is 408 g/mol. The Morgan fingerprint density at radius 3 is 2.20 bits per heavy atom. The molecule has 152 valence electrons. The summed E-state index contributed by atoms with van der Waals surface area (Å²) >= 11 is 0. The summed E-state index contributed by atoms with van der Waals surface area (Å²) in [7, 11) is 2.96. The number of hydrogen-bond donors (Lipinski definition) is 2. The Balaban J connectivity index is 1.64. The number of urea groups is 1. The van der Waals surface area contributed by atoms with Gasteiger partial charge in [-0.2, -0.15) is 0 Å². The average Bonchev–Trinajstić information content (AvgIpc) is 3.12. The molecule has 0 bridgehead atoms. The molecule has 0 unspecified atom stereocenters. The lowest BCUT2D eigenvalue weighted by Gasteiger charge is -2.13. The lowest BCUT2D eigenvalue weighted by atomic mass is 10.1. The molecule has 1 fully saturated rings. The summed E-state index contributed by atoms with van der Waals surface area (Å²) in [6.07, 6.45) is 2.87. The number of carbonyl (C=O) groups excluding carboxylic acids is 3. The van der Waals surface area contributed by atoms with Gasteiger partial charge in [-0.3, -0.25) is 34.2 Å². The van der Waals surface area contributed by atoms with E-state index in [4.69, 9.17) is 0 Å². The third-order valence-electron chi connectivity index (χ3n) is 4.80. The molecule has 11 nitrogen and oxygen atoms in total. The van der Waals surface area contributed by atoms with Gasteiger partial charge >= 0.3 is 11.7 Å². The van der Waals surface area contributed by atoms with Crippen molar-refractivity contribution in [1.29, 1.82) is 0 Å². The Morgan fingerprint density at radius 1 is 0.933 bits per heavy atom. The number of amides is 4. The summed E-state index contributed by atoms with van der Waals surface area (Å²) < 4.78 is 3.99. The number of nitrogens with one attached hydrogen (secondary N) is 2. The highest BCUT2D eigenvalue weighted by molar-refractivity contribution is 6.31. The molecule has 3 aromatic rings. The lowest BCUT2D eigenvalue weighted by Crippen LogP contribution is -2.51. The zero-order valence-corrected chi connectivity index (χ0v) is 16.0. The molecule has 11 heteroatoms.